The number of thiophene rings is 1. The van der Waals surface area contributed by atoms with Crippen LogP contribution in [0.3, 0.4) is 0 Å². The molecule has 20 heavy (non-hydrogen) atoms. The average Bonchev–Trinajstić information content (AvgIpc) is 2.85. The molecule has 6 heteroatoms. The van der Waals surface area contributed by atoms with Gasteiger partial charge in [-0.05, 0) is 36.7 Å². The Morgan fingerprint density at radius 1 is 1.45 bits per heavy atom. The Balaban J connectivity index is 1.88. The van der Waals surface area contributed by atoms with E-state index in [4.69, 9.17) is 17.3 Å². The molecular formula is C14H16ClN3OS. The molecule has 1 amide bonds. The molecule has 2 aromatic rings. The molecule has 1 aromatic heterocycles. The minimum Gasteiger partial charge on any atom is -0.397 e. The number of rotatable bonds is 5. The summed E-state index contributed by atoms with van der Waals surface area (Å²) in [4.78, 5) is 15.1. The second kappa shape index (κ2) is 6.74. The Morgan fingerprint density at radius 2 is 2.25 bits per heavy atom. The van der Waals surface area contributed by atoms with Gasteiger partial charge in [0.15, 0.2) is 0 Å². The molecule has 2 rings (SSSR count). The van der Waals surface area contributed by atoms with Crippen LogP contribution in [0, 0.1) is 0 Å². The van der Waals surface area contributed by atoms with Crippen LogP contribution in [0.1, 0.15) is 4.88 Å². The molecule has 1 heterocycles. The molecular weight excluding hydrogens is 294 g/mol. The fourth-order valence-corrected chi connectivity index (χ4v) is 2.77. The number of likely N-dealkylation sites (N-methyl/N-ethyl adjacent to an activating group) is 1. The monoisotopic (exact) mass is 309 g/mol. The van der Waals surface area contributed by atoms with Crippen molar-refractivity contribution in [3.05, 3.63) is 45.6 Å². The van der Waals surface area contributed by atoms with Gasteiger partial charge in [0.25, 0.3) is 0 Å². The molecule has 0 saturated heterocycles. The van der Waals surface area contributed by atoms with Crippen LogP contribution in [0.25, 0.3) is 0 Å². The van der Waals surface area contributed by atoms with Gasteiger partial charge in [0.1, 0.15) is 0 Å². The molecule has 0 spiro atoms. The zero-order valence-corrected chi connectivity index (χ0v) is 12.7. The van der Waals surface area contributed by atoms with E-state index in [-0.39, 0.29) is 5.91 Å². The van der Waals surface area contributed by atoms with E-state index in [1.54, 1.807) is 29.5 Å². The maximum atomic E-state index is 12.0. The quantitative estimate of drug-likeness (QED) is 0.835. The summed E-state index contributed by atoms with van der Waals surface area (Å²) in [5.41, 5.74) is 6.85. The molecule has 0 saturated carbocycles. The van der Waals surface area contributed by atoms with Crippen molar-refractivity contribution in [2.45, 2.75) is 6.54 Å². The van der Waals surface area contributed by atoms with E-state index >= 15 is 0 Å². The van der Waals surface area contributed by atoms with Crippen LogP contribution in [0.15, 0.2) is 35.7 Å². The normalized spacial score (nSPS) is 10.8. The first-order chi connectivity index (χ1) is 9.54. The predicted molar refractivity (Wildman–Crippen MR) is 85.1 cm³/mol. The van der Waals surface area contributed by atoms with Crippen LogP contribution in [-0.4, -0.2) is 24.4 Å². The molecule has 0 fully saturated rings. The van der Waals surface area contributed by atoms with Gasteiger partial charge < -0.3 is 11.1 Å². The van der Waals surface area contributed by atoms with Crippen LogP contribution < -0.4 is 11.1 Å². The van der Waals surface area contributed by atoms with Crippen LogP contribution >= 0.6 is 22.9 Å². The number of nitrogen functional groups attached to an aromatic ring is 1. The Bertz CT molecular complexity index is 586. The first-order valence-corrected chi connectivity index (χ1v) is 7.36. The molecule has 0 aliphatic heterocycles. The van der Waals surface area contributed by atoms with Gasteiger partial charge in [0.2, 0.25) is 5.91 Å². The smallest absolute Gasteiger partial charge is 0.238 e. The molecule has 3 N–H and O–H groups in total. The summed E-state index contributed by atoms with van der Waals surface area (Å²) in [5.74, 6) is -0.0990. The van der Waals surface area contributed by atoms with E-state index < -0.39 is 0 Å². The van der Waals surface area contributed by atoms with Gasteiger partial charge in [-0.15, -0.1) is 11.3 Å². The summed E-state index contributed by atoms with van der Waals surface area (Å²) < 4.78 is 0. The van der Waals surface area contributed by atoms with Crippen LogP contribution in [0.5, 0.6) is 0 Å². The number of anilines is 2. The molecule has 0 radical (unpaired) electrons. The summed E-state index contributed by atoms with van der Waals surface area (Å²) in [6.07, 6.45) is 0. The first-order valence-electron chi connectivity index (χ1n) is 6.10. The van der Waals surface area contributed by atoms with E-state index in [1.165, 1.54) is 4.88 Å². The number of amides is 1. The van der Waals surface area contributed by atoms with Crippen molar-refractivity contribution < 1.29 is 4.79 Å². The lowest BCUT2D eigenvalue weighted by Crippen LogP contribution is -2.29. The number of nitrogens with one attached hydrogen (secondary N) is 1. The third-order valence-corrected chi connectivity index (χ3v) is 3.80. The topological polar surface area (TPSA) is 58.4 Å². The molecule has 0 unspecified atom stereocenters. The maximum absolute atomic E-state index is 12.0. The summed E-state index contributed by atoms with van der Waals surface area (Å²) in [7, 11) is 1.91. The Hall–Kier alpha value is -1.56. The molecule has 0 bridgehead atoms. The summed E-state index contributed by atoms with van der Waals surface area (Å²) in [6, 6.07) is 9.07. The van der Waals surface area contributed by atoms with Crippen LogP contribution in [0.2, 0.25) is 5.02 Å². The molecule has 4 nitrogen and oxygen atoms in total. The predicted octanol–water partition coefficient (Wildman–Crippen LogP) is 3.05. The van der Waals surface area contributed by atoms with Crippen molar-refractivity contribution in [1.29, 1.82) is 0 Å². The largest absolute Gasteiger partial charge is 0.397 e. The first kappa shape index (κ1) is 14.8. The highest BCUT2D eigenvalue weighted by atomic mass is 35.5. The summed E-state index contributed by atoms with van der Waals surface area (Å²) in [5, 5.41) is 5.36. The molecule has 106 valence electrons. The fraction of sp³-hybridized carbons (Fsp3) is 0.214. The van der Waals surface area contributed by atoms with Crippen molar-refractivity contribution in [3.63, 3.8) is 0 Å². The minimum absolute atomic E-state index is 0.0990. The number of halogens is 1. The third-order valence-electron chi connectivity index (χ3n) is 2.71. The average molecular weight is 310 g/mol. The number of nitrogens with zero attached hydrogens (tertiary/aromatic N) is 1. The second-order valence-electron chi connectivity index (χ2n) is 4.53. The van der Waals surface area contributed by atoms with Crippen molar-refractivity contribution in [2.75, 3.05) is 24.6 Å². The number of benzene rings is 1. The molecule has 0 atom stereocenters. The minimum atomic E-state index is -0.0990. The van der Waals surface area contributed by atoms with E-state index in [0.717, 1.165) is 6.54 Å². The summed E-state index contributed by atoms with van der Waals surface area (Å²) in [6.45, 7) is 1.06. The lowest BCUT2D eigenvalue weighted by Gasteiger charge is -2.16. The second-order valence-corrected chi connectivity index (χ2v) is 6.00. The maximum Gasteiger partial charge on any atom is 0.238 e. The number of hydrogen-bond donors (Lipinski definition) is 2. The van der Waals surface area contributed by atoms with Gasteiger partial charge in [0.05, 0.1) is 17.9 Å². The Labute approximate surface area is 127 Å². The van der Waals surface area contributed by atoms with E-state index in [1.807, 2.05) is 23.4 Å². The highest BCUT2D eigenvalue weighted by molar-refractivity contribution is 7.09. The lowest BCUT2D eigenvalue weighted by atomic mass is 10.2. The lowest BCUT2D eigenvalue weighted by molar-refractivity contribution is -0.117. The third kappa shape index (κ3) is 4.23. The molecule has 0 aliphatic carbocycles. The Kier molecular flexibility index (Phi) is 5.00. The van der Waals surface area contributed by atoms with Crippen molar-refractivity contribution in [3.8, 4) is 0 Å². The van der Waals surface area contributed by atoms with Crippen molar-refractivity contribution >= 4 is 40.2 Å². The van der Waals surface area contributed by atoms with Crippen LogP contribution in [0.4, 0.5) is 11.4 Å². The SMILES string of the molecule is CN(CC(=O)Nc1ccc(Cl)cc1N)Cc1cccs1. The summed E-state index contributed by atoms with van der Waals surface area (Å²) >= 11 is 7.50. The highest BCUT2D eigenvalue weighted by Crippen LogP contribution is 2.22. The highest BCUT2D eigenvalue weighted by Gasteiger charge is 2.09. The van der Waals surface area contributed by atoms with Gasteiger partial charge in [-0.25, -0.2) is 0 Å². The Morgan fingerprint density at radius 3 is 2.90 bits per heavy atom. The van der Waals surface area contributed by atoms with Crippen molar-refractivity contribution in [2.24, 2.45) is 0 Å². The van der Waals surface area contributed by atoms with Gasteiger partial charge >= 0.3 is 0 Å². The molecule has 1 aromatic carbocycles. The van der Waals surface area contributed by atoms with Gasteiger partial charge in [-0.1, -0.05) is 17.7 Å². The zero-order valence-electron chi connectivity index (χ0n) is 11.1. The van der Waals surface area contributed by atoms with E-state index in [9.17, 15) is 4.79 Å². The van der Waals surface area contributed by atoms with E-state index in [0.29, 0.717) is 22.9 Å². The van der Waals surface area contributed by atoms with Gasteiger partial charge in [-0.2, -0.15) is 0 Å². The zero-order chi connectivity index (χ0) is 14.5. The van der Waals surface area contributed by atoms with E-state index in [2.05, 4.69) is 11.4 Å². The van der Waals surface area contributed by atoms with Crippen molar-refractivity contribution in [1.82, 2.24) is 4.90 Å². The number of carbonyl (C=O) groups is 1. The fourth-order valence-electron chi connectivity index (χ4n) is 1.81. The van der Waals surface area contributed by atoms with Crippen LogP contribution in [-0.2, 0) is 11.3 Å². The van der Waals surface area contributed by atoms with Gasteiger partial charge in [0, 0.05) is 16.4 Å². The molecule has 0 aliphatic rings. The standard InChI is InChI=1S/C14H16ClN3OS/c1-18(8-11-3-2-6-20-11)9-14(19)17-13-5-4-10(15)7-12(13)16/h2-7H,8-9,16H2,1H3,(H,17,19). The van der Waals surface area contributed by atoms with Gasteiger partial charge in [-0.3, -0.25) is 9.69 Å². The number of nitrogens with two attached hydrogens (primary N) is 1. The number of hydrogen-bond acceptors (Lipinski definition) is 4. The number of carbonyl (C=O) groups excluding carboxylic acids is 1.